The van der Waals surface area contributed by atoms with Gasteiger partial charge in [0.05, 0.1) is 19.8 Å². The van der Waals surface area contributed by atoms with Gasteiger partial charge in [-0.15, -0.1) is 0 Å². The number of ether oxygens (including phenoxy) is 2. The minimum Gasteiger partial charge on any atom is -0.497 e. The lowest BCUT2D eigenvalue weighted by Crippen LogP contribution is -2.57. The second-order valence-corrected chi connectivity index (χ2v) is 10.2. The Kier molecular flexibility index (Phi) is 11.6. The van der Waals surface area contributed by atoms with E-state index in [1.54, 1.807) is 14.0 Å². The number of nitrogens with zero attached hydrogens (tertiary/aromatic N) is 2. The monoisotopic (exact) mass is 523 g/mol. The maximum Gasteiger partial charge on any atom is 0.305 e. The number of carbonyl (C=O) groups is 2. The van der Waals surface area contributed by atoms with Crippen LogP contribution in [0.4, 0.5) is 0 Å². The SMILES string of the molecule is CCCN1C[C@H](C)N([C@H](c2ccc(C(=O)NCCCCC(=O)OCC)cc2)c2cccc(OC)c2)C[C@H]1C. The first-order valence-corrected chi connectivity index (χ1v) is 14.0. The van der Waals surface area contributed by atoms with Crippen LogP contribution in [0.5, 0.6) is 5.75 Å². The summed E-state index contributed by atoms with van der Waals surface area (Å²) in [6, 6.07) is 17.2. The minimum atomic E-state index is -0.185. The van der Waals surface area contributed by atoms with E-state index >= 15 is 0 Å². The van der Waals surface area contributed by atoms with E-state index in [2.05, 4.69) is 60.2 Å². The van der Waals surface area contributed by atoms with Crippen molar-refractivity contribution in [1.29, 1.82) is 0 Å². The van der Waals surface area contributed by atoms with Gasteiger partial charge in [-0.1, -0.05) is 31.2 Å². The topological polar surface area (TPSA) is 71.1 Å². The fourth-order valence-corrected chi connectivity index (χ4v) is 5.32. The molecule has 208 valence electrons. The zero-order chi connectivity index (χ0) is 27.5. The lowest BCUT2D eigenvalue weighted by Gasteiger charge is -2.47. The molecule has 1 aliphatic heterocycles. The van der Waals surface area contributed by atoms with E-state index in [0.717, 1.165) is 43.8 Å². The van der Waals surface area contributed by atoms with E-state index in [1.807, 2.05) is 24.3 Å². The van der Waals surface area contributed by atoms with Crippen LogP contribution in [0.15, 0.2) is 48.5 Å². The van der Waals surface area contributed by atoms with E-state index in [0.29, 0.717) is 43.6 Å². The fraction of sp³-hybridized carbons (Fsp3) is 0.548. The molecular weight excluding hydrogens is 478 g/mol. The van der Waals surface area contributed by atoms with E-state index in [1.165, 1.54) is 5.56 Å². The molecule has 7 nitrogen and oxygen atoms in total. The van der Waals surface area contributed by atoms with Crippen LogP contribution in [-0.4, -0.2) is 73.7 Å². The van der Waals surface area contributed by atoms with Crippen molar-refractivity contribution in [2.75, 3.05) is 39.9 Å². The normalized spacial score (nSPS) is 19.1. The Morgan fingerprint density at radius 1 is 1.00 bits per heavy atom. The van der Waals surface area contributed by atoms with Gasteiger partial charge in [-0.25, -0.2) is 0 Å². The molecule has 2 aromatic carbocycles. The summed E-state index contributed by atoms with van der Waals surface area (Å²) in [4.78, 5) is 29.4. The van der Waals surface area contributed by atoms with Gasteiger partial charge in [0.1, 0.15) is 5.75 Å². The van der Waals surface area contributed by atoms with Gasteiger partial charge in [-0.2, -0.15) is 0 Å². The van der Waals surface area contributed by atoms with Crippen molar-refractivity contribution in [2.24, 2.45) is 0 Å². The third-order valence-electron chi connectivity index (χ3n) is 7.30. The van der Waals surface area contributed by atoms with Crippen LogP contribution >= 0.6 is 0 Å². The predicted molar refractivity (Wildman–Crippen MR) is 152 cm³/mol. The molecule has 1 N–H and O–H groups in total. The maximum atomic E-state index is 12.7. The average molecular weight is 524 g/mol. The van der Waals surface area contributed by atoms with Crippen molar-refractivity contribution < 1.29 is 19.1 Å². The maximum absolute atomic E-state index is 12.7. The van der Waals surface area contributed by atoms with E-state index in [9.17, 15) is 9.59 Å². The molecule has 0 bridgehead atoms. The highest BCUT2D eigenvalue weighted by Crippen LogP contribution is 2.34. The van der Waals surface area contributed by atoms with Crippen LogP contribution < -0.4 is 10.1 Å². The molecule has 0 aromatic heterocycles. The van der Waals surface area contributed by atoms with Gasteiger partial charge in [-0.3, -0.25) is 19.4 Å². The third-order valence-corrected chi connectivity index (χ3v) is 7.30. The molecule has 3 atom stereocenters. The van der Waals surface area contributed by atoms with E-state index in [-0.39, 0.29) is 17.9 Å². The summed E-state index contributed by atoms with van der Waals surface area (Å²) in [6.07, 6.45) is 2.97. The van der Waals surface area contributed by atoms with Gasteiger partial charge in [0.2, 0.25) is 0 Å². The van der Waals surface area contributed by atoms with Crippen LogP contribution in [0.1, 0.15) is 80.9 Å². The lowest BCUT2D eigenvalue weighted by molar-refractivity contribution is -0.143. The first kappa shape index (κ1) is 29.7. The van der Waals surface area contributed by atoms with Crippen molar-refractivity contribution in [2.45, 2.75) is 71.5 Å². The number of unbranched alkanes of at least 4 members (excludes halogenated alkanes) is 1. The molecule has 2 aromatic rings. The number of rotatable bonds is 13. The van der Waals surface area contributed by atoms with Crippen molar-refractivity contribution in [1.82, 2.24) is 15.1 Å². The zero-order valence-corrected chi connectivity index (χ0v) is 23.7. The van der Waals surface area contributed by atoms with Gasteiger partial charge < -0.3 is 14.8 Å². The number of piperazine rings is 1. The largest absolute Gasteiger partial charge is 0.497 e. The summed E-state index contributed by atoms with van der Waals surface area (Å²) in [5.41, 5.74) is 2.98. The van der Waals surface area contributed by atoms with Crippen molar-refractivity contribution >= 4 is 11.9 Å². The predicted octanol–water partition coefficient (Wildman–Crippen LogP) is 5.05. The lowest BCUT2D eigenvalue weighted by atomic mass is 9.92. The zero-order valence-electron chi connectivity index (χ0n) is 23.7. The van der Waals surface area contributed by atoms with Gasteiger partial charge in [-0.05, 0) is 82.0 Å². The molecule has 0 radical (unpaired) electrons. The Morgan fingerprint density at radius 2 is 1.76 bits per heavy atom. The standard InChI is InChI=1S/C31H45N3O4/c1-6-19-33-21-24(4)34(22-23(33)3)30(27-11-10-12-28(20-27)37-5)25-14-16-26(17-15-25)31(36)32-18-9-8-13-29(35)38-7-2/h10-12,14-17,20,23-24,30H,6-9,13,18-19,21-22H2,1-5H3,(H,32,36)/t23-,24+,30-/m1/s1. The van der Waals surface area contributed by atoms with Crippen molar-refractivity contribution in [3.05, 3.63) is 65.2 Å². The molecule has 1 heterocycles. The van der Waals surface area contributed by atoms with Crippen molar-refractivity contribution in [3.63, 3.8) is 0 Å². The van der Waals surface area contributed by atoms with E-state index < -0.39 is 0 Å². The number of hydrogen-bond donors (Lipinski definition) is 1. The quantitative estimate of drug-likeness (QED) is 0.293. The van der Waals surface area contributed by atoms with Gasteiger partial charge in [0.25, 0.3) is 5.91 Å². The smallest absolute Gasteiger partial charge is 0.305 e. The number of hydrogen-bond acceptors (Lipinski definition) is 6. The van der Waals surface area contributed by atoms with Crippen LogP contribution in [-0.2, 0) is 9.53 Å². The average Bonchev–Trinajstić information content (AvgIpc) is 2.92. The number of nitrogens with one attached hydrogen (secondary N) is 1. The third kappa shape index (κ3) is 8.05. The molecule has 1 aliphatic rings. The Hall–Kier alpha value is -2.90. The molecule has 38 heavy (non-hydrogen) atoms. The molecule has 1 saturated heterocycles. The molecular formula is C31H45N3O4. The number of carbonyl (C=O) groups excluding carboxylic acids is 2. The minimum absolute atomic E-state index is 0.0614. The van der Waals surface area contributed by atoms with Gasteiger partial charge in [0, 0.05) is 43.7 Å². The molecule has 0 spiro atoms. The Balaban J connectivity index is 1.73. The Bertz CT molecular complexity index is 1030. The summed E-state index contributed by atoms with van der Waals surface area (Å²) in [7, 11) is 1.70. The summed E-state index contributed by atoms with van der Waals surface area (Å²) in [5.74, 6) is 0.563. The van der Waals surface area contributed by atoms with Crippen LogP contribution in [0.3, 0.4) is 0 Å². The molecule has 0 aliphatic carbocycles. The molecule has 0 saturated carbocycles. The first-order chi connectivity index (χ1) is 18.4. The second-order valence-electron chi connectivity index (χ2n) is 10.2. The summed E-state index contributed by atoms with van der Waals surface area (Å²) < 4.78 is 10.5. The van der Waals surface area contributed by atoms with Gasteiger partial charge in [0.15, 0.2) is 0 Å². The first-order valence-electron chi connectivity index (χ1n) is 14.0. The number of methoxy groups -OCH3 is 1. The molecule has 1 fully saturated rings. The summed E-state index contributed by atoms with van der Waals surface area (Å²) in [5, 5.41) is 2.97. The summed E-state index contributed by atoms with van der Waals surface area (Å²) >= 11 is 0. The second kappa shape index (κ2) is 14.9. The molecule has 7 heteroatoms. The van der Waals surface area contributed by atoms with Crippen LogP contribution in [0.2, 0.25) is 0 Å². The molecule has 0 unspecified atom stereocenters. The number of amides is 1. The highest BCUT2D eigenvalue weighted by Gasteiger charge is 2.34. The summed E-state index contributed by atoms with van der Waals surface area (Å²) in [6.45, 7) is 12.7. The fourth-order valence-electron chi connectivity index (χ4n) is 5.32. The van der Waals surface area contributed by atoms with Gasteiger partial charge >= 0.3 is 5.97 Å². The van der Waals surface area contributed by atoms with Crippen molar-refractivity contribution in [3.8, 4) is 5.75 Å². The highest BCUT2D eigenvalue weighted by molar-refractivity contribution is 5.94. The Labute approximate surface area is 228 Å². The van der Waals surface area contributed by atoms with Crippen LogP contribution in [0, 0.1) is 0 Å². The highest BCUT2D eigenvalue weighted by atomic mass is 16.5. The number of esters is 1. The molecule has 3 rings (SSSR count). The van der Waals surface area contributed by atoms with Crippen LogP contribution in [0.25, 0.3) is 0 Å². The number of benzene rings is 2. The van der Waals surface area contributed by atoms with E-state index in [4.69, 9.17) is 9.47 Å². The molecule has 1 amide bonds. The Morgan fingerprint density at radius 3 is 2.45 bits per heavy atom.